The van der Waals surface area contributed by atoms with E-state index in [1.54, 1.807) is 0 Å². The van der Waals surface area contributed by atoms with Gasteiger partial charge in [-0.25, -0.2) is 5.84 Å². The number of rotatable bonds is 3. The zero-order chi connectivity index (χ0) is 14.8. The molecule has 1 aliphatic heterocycles. The first kappa shape index (κ1) is 13.9. The van der Waals surface area contributed by atoms with Crippen LogP contribution >= 0.6 is 11.3 Å². The number of nitrogen functional groups attached to an aromatic ring is 1. The van der Waals surface area contributed by atoms with E-state index in [0.717, 1.165) is 25.2 Å². The summed E-state index contributed by atoms with van der Waals surface area (Å²) in [5.74, 6) is 5.03. The largest absolute Gasteiger partial charge is 0.371 e. The molecule has 1 amide bonds. The lowest BCUT2D eigenvalue weighted by atomic mass is 10.1. The maximum absolute atomic E-state index is 11.8. The lowest BCUT2D eigenvalue weighted by molar-refractivity contribution is 0.0957. The van der Waals surface area contributed by atoms with Crippen LogP contribution < -0.4 is 21.1 Å². The van der Waals surface area contributed by atoms with Crippen molar-refractivity contribution in [3.63, 3.8) is 0 Å². The number of carbonyl (C=O) groups excluding carboxylic acids is 1. The van der Waals surface area contributed by atoms with Crippen molar-refractivity contribution in [3.05, 3.63) is 46.2 Å². The molecule has 1 aromatic heterocycles. The third-order valence-corrected chi connectivity index (χ3v) is 4.74. The molecule has 2 aromatic rings. The van der Waals surface area contributed by atoms with E-state index in [1.165, 1.54) is 22.7 Å². The third kappa shape index (κ3) is 2.59. The fraction of sp³-hybridized carbons (Fsp3) is 0.267. The van der Waals surface area contributed by atoms with Gasteiger partial charge in [0.1, 0.15) is 0 Å². The summed E-state index contributed by atoms with van der Waals surface area (Å²) in [7, 11) is 2.11. The average molecular weight is 302 g/mol. The molecule has 1 aromatic carbocycles. The fourth-order valence-corrected chi connectivity index (χ4v) is 3.48. The first-order chi connectivity index (χ1) is 10.2. The van der Waals surface area contributed by atoms with E-state index in [-0.39, 0.29) is 5.91 Å². The molecule has 5 nitrogen and oxygen atoms in total. The number of amides is 1. The first-order valence-electron chi connectivity index (χ1n) is 6.83. The van der Waals surface area contributed by atoms with Crippen LogP contribution in [-0.2, 0) is 6.54 Å². The van der Waals surface area contributed by atoms with E-state index in [1.807, 2.05) is 17.5 Å². The van der Waals surface area contributed by atoms with Gasteiger partial charge in [0.05, 0.1) is 16.3 Å². The van der Waals surface area contributed by atoms with Gasteiger partial charge in [0.25, 0.3) is 5.91 Å². The average Bonchev–Trinajstić information content (AvgIpc) is 2.98. The lowest BCUT2D eigenvalue weighted by Crippen LogP contribution is -2.39. The number of likely N-dealkylation sites (N-methyl/N-ethyl adjacent to an activating group) is 1. The van der Waals surface area contributed by atoms with E-state index >= 15 is 0 Å². The molecule has 0 aliphatic carbocycles. The topological polar surface area (TPSA) is 61.6 Å². The molecule has 2 heterocycles. The molecule has 0 saturated heterocycles. The summed E-state index contributed by atoms with van der Waals surface area (Å²) < 4.78 is 0. The van der Waals surface area contributed by atoms with Crippen LogP contribution in [0.1, 0.15) is 15.2 Å². The predicted molar refractivity (Wildman–Crippen MR) is 86.7 cm³/mol. The number of nitrogens with zero attached hydrogens (tertiary/aromatic N) is 2. The number of anilines is 2. The molecule has 110 valence electrons. The van der Waals surface area contributed by atoms with Crippen LogP contribution in [0.5, 0.6) is 0 Å². The smallest absolute Gasteiger partial charge is 0.275 e. The van der Waals surface area contributed by atoms with Crippen molar-refractivity contribution < 1.29 is 4.79 Å². The maximum Gasteiger partial charge on any atom is 0.275 e. The summed E-state index contributed by atoms with van der Waals surface area (Å²) in [5, 5.41) is 1.93. The Morgan fingerprint density at radius 1 is 1.29 bits per heavy atom. The standard InChI is InChI=1S/C15H18N4OS/c1-18-7-8-19(13-5-3-2-4-12(13)18)10-11-6-9-21-14(11)15(20)17-16/h2-6,9H,7-8,10,16H2,1H3,(H,17,20). The SMILES string of the molecule is CN1CCN(Cc2ccsc2C(=O)NN)c2ccccc21. The molecular formula is C15H18N4OS. The number of hydrazine groups is 1. The van der Waals surface area contributed by atoms with Crippen LogP contribution in [0.2, 0.25) is 0 Å². The minimum absolute atomic E-state index is 0.220. The zero-order valence-electron chi connectivity index (χ0n) is 11.9. The number of fused-ring (bicyclic) bond motifs is 1. The van der Waals surface area contributed by atoms with Gasteiger partial charge >= 0.3 is 0 Å². The molecule has 0 fully saturated rings. The summed E-state index contributed by atoms with van der Waals surface area (Å²) >= 11 is 1.42. The van der Waals surface area contributed by atoms with Crippen LogP contribution in [0.3, 0.4) is 0 Å². The second-order valence-electron chi connectivity index (χ2n) is 5.08. The van der Waals surface area contributed by atoms with E-state index in [2.05, 4.69) is 40.5 Å². The zero-order valence-corrected chi connectivity index (χ0v) is 12.7. The van der Waals surface area contributed by atoms with Crippen LogP contribution in [0.15, 0.2) is 35.7 Å². The Morgan fingerprint density at radius 3 is 2.81 bits per heavy atom. The number of nitrogens with one attached hydrogen (secondary N) is 1. The summed E-state index contributed by atoms with van der Waals surface area (Å²) in [4.78, 5) is 17.0. The summed E-state index contributed by atoms with van der Waals surface area (Å²) in [6.07, 6.45) is 0. The minimum Gasteiger partial charge on any atom is -0.371 e. The van der Waals surface area contributed by atoms with Crippen molar-refractivity contribution in [1.82, 2.24) is 5.43 Å². The Labute approximate surface area is 127 Å². The van der Waals surface area contributed by atoms with Crippen LogP contribution in [0.25, 0.3) is 0 Å². The molecule has 0 radical (unpaired) electrons. The summed E-state index contributed by atoms with van der Waals surface area (Å²) in [6, 6.07) is 10.3. The molecule has 0 unspecified atom stereocenters. The number of hydrogen-bond acceptors (Lipinski definition) is 5. The number of benzene rings is 1. The van der Waals surface area contributed by atoms with Gasteiger partial charge in [0.15, 0.2) is 0 Å². The lowest BCUT2D eigenvalue weighted by Gasteiger charge is -2.37. The number of hydrogen-bond donors (Lipinski definition) is 2. The van der Waals surface area contributed by atoms with E-state index in [4.69, 9.17) is 5.84 Å². The molecule has 6 heteroatoms. The fourth-order valence-electron chi connectivity index (χ4n) is 2.66. The van der Waals surface area contributed by atoms with Crippen molar-refractivity contribution >= 4 is 28.6 Å². The maximum atomic E-state index is 11.8. The number of para-hydroxylation sites is 2. The van der Waals surface area contributed by atoms with Crippen LogP contribution in [0.4, 0.5) is 11.4 Å². The minimum atomic E-state index is -0.220. The Bertz CT molecular complexity index is 655. The highest BCUT2D eigenvalue weighted by atomic mass is 32.1. The van der Waals surface area contributed by atoms with Crippen molar-refractivity contribution in [1.29, 1.82) is 0 Å². The second kappa shape index (κ2) is 5.75. The van der Waals surface area contributed by atoms with Crippen molar-refractivity contribution in [2.24, 2.45) is 5.84 Å². The number of thiophene rings is 1. The Morgan fingerprint density at radius 2 is 2.05 bits per heavy atom. The van der Waals surface area contributed by atoms with Gasteiger partial charge in [-0.2, -0.15) is 0 Å². The Hall–Kier alpha value is -2.05. The summed E-state index contributed by atoms with van der Waals surface area (Å²) in [5.41, 5.74) is 5.66. The quantitative estimate of drug-likeness (QED) is 0.516. The second-order valence-corrected chi connectivity index (χ2v) is 6.00. The molecule has 3 N–H and O–H groups in total. The van der Waals surface area contributed by atoms with Crippen LogP contribution in [-0.4, -0.2) is 26.0 Å². The van der Waals surface area contributed by atoms with Crippen molar-refractivity contribution in [3.8, 4) is 0 Å². The van der Waals surface area contributed by atoms with Gasteiger partial charge in [0, 0.05) is 26.7 Å². The van der Waals surface area contributed by atoms with Gasteiger partial charge in [-0.3, -0.25) is 10.2 Å². The Kier molecular flexibility index (Phi) is 3.81. The molecule has 0 atom stereocenters. The molecule has 0 saturated carbocycles. The first-order valence-corrected chi connectivity index (χ1v) is 7.71. The normalized spacial score (nSPS) is 14.0. The van der Waals surface area contributed by atoms with E-state index < -0.39 is 0 Å². The molecule has 21 heavy (non-hydrogen) atoms. The predicted octanol–water partition coefficient (Wildman–Crippen LogP) is 1.81. The molecule has 0 bridgehead atoms. The van der Waals surface area contributed by atoms with Crippen molar-refractivity contribution in [2.45, 2.75) is 6.54 Å². The van der Waals surface area contributed by atoms with E-state index in [9.17, 15) is 4.79 Å². The van der Waals surface area contributed by atoms with Crippen LogP contribution in [0, 0.1) is 0 Å². The van der Waals surface area contributed by atoms with Gasteiger partial charge < -0.3 is 9.80 Å². The van der Waals surface area contributed by atoms with Gasteiger partial charge in [-0.15, -0.1) is 11.3 Å². The monoisotopic (exact) mass is 302 g/mol. The van der Waals surface area contributed by atoms with Crippen molar-refractivity contribution in [2.75, 3.05) is 29.9 Å². The summed E-state index contributed by atoms with van der Waals surface area (Å²) in [6.45, 7) is 2.63. The van der Waals surface area contributed by atoms with Gasteiger partial charge in [-0.05, 0) is 29.1 Å². The highest BCUT2D eigenvalue weighted by molar-refractivity contribution is 7.12. The van der Waals surface area contributed by atoms with Gasteiger partial charge in [0.2, 0.25) is 0 Å². The van der Waals surface area contributed by atoms with Gasteiger partial charge in [-0.1, -0.05) is 12.1 Å². The molecule has 1 aliphatic rings. The molecular weight excluding hydrogens is 284 g/mol. The number of nitrogens with two attached hydrogens (primary N) is 1. The van der Waals surface area contributed by atoms with E-state index in [0.29, 0.717) is 4.88 Å². The molecule has 0 spiro atoms. The number of carbonyl (C=O) groups is 1. The molecule has 3 rings (SSSR count). The Balaban J connectivity index is 1.88. The highest BCUT2D eigenvalue weighted by Crippen LogP contribution is 2.33. The third-order valence-electron chi connectivity index (χ3n) is 3.78. The highest BCUT2D eigenvalue weighted by Gasteiger charge is 2.22.